The zero-order valence-electron chi connectivity index (χ0n) is 36.8. The van der Waals surface area contributed by atoms with Gasteiger partial charge in [-0.05, 0) is 76.1 Å². The number of nitrogens with one attached hydrogen (secondary N) is 3. The Morgan fingerprint density at radius 2 is 1.52 bits per heavy atom. The van der Waals surface area contributed by atoms with Crippen molar-refractivity contribution < 1.29 is 28.6 Å². The van der Waals surface area contributed by atoms with Gasteiger partial charge in [-0.15, -0.1) is 0 Å². The Morgan fingerprint density at radius 3 is 2.16 bits per heavy atom. The summed E-state index contributed by atoms with van der Waals surface area (Å²) in [5.74, 6) is 6.79. The molecule has 0 radical (unpaired) electrons. The molecule has 5 heterocycles. The molecule has 2 amide bonds. The minimum absolute atomic E-state index is 0.321. The van der Waals surface area contributed by atoms with E-state index in [-0.39, 0.29) is 5.91 Å². The maximum absolute atomic E-state index is 13.5. The molecule has 0 unspecified atom stereocenters. The molecule has 1 saturated heterocycles. The molecule has 0 spiro atoms. The maximum atomic E-state index is 13.5. The van der Waals surface area contributed by atoms with E-state index in [4.69, 9.17) is 35.8 Å². The lowest BCUT2D eigenvalue weighted by Crippen LogP contribution is -2.37. The Hall–Kier alpha value is -6.61. The monoisotopic (exact) mass is 866 g/mol. The van der Waals surface area contributed by atoms with Crippen molar-refractivity contribution in [1.82, 2.24) is 49.0 Å². The summed E-state index contributed by atoms with van der Waals surface area (Å²) in [6, 6.07) is 10.7. The number of nitrogens with two attached hydrogens (primary N) is 2. The molecule has 7 N–H and O–H groups in total. The minimum atomic E-state index is -0.558. The standard InChI is InChI=1S/C36H48N12O5.C7H10N2O/c1-5-48-28(17-23(2)44-48)34(50)43-36-42-26-18-24(22-40-38)19-29(51-4)31(26)47(36)11-7-6-10-46-32-27(41-35(46)39-3)20-25(33(37)49)21-30(32)53-14-8-9-45-12-15-52-16-13-45;1-3-9-7(5-10)4-6(2)8-9/h6-7,17-21,40H,5,8-16,22,38H2,1-4H3,(H2,37,49)(H,39,41)(H,42,43,50);4-5H,3H2,1-2H3/b7-6+;. The van der Waals surface area contributed by atoms with Gasteiger partial charge in [0, 0.05) is 65.0 Å². The number of fused-ring (bicyclic) bond motifs is 2. The first-order valence-corrected chi connectivity index (χ1v) is 21.0. The molecular formula is C43H58N14O6. The molecule has 4 aromatic heterocycles. The number of aryl methyl sites for hydroxylation is 4. The highest BCUT2D eigenvalue weighted by Gasteiger charge is 2.22. The predicted molar refractivity (Wildman–Crippen MR) is 240 cm³/mol. The number of amides is 2. The van der Waals surface area contributed by atoms with Gasteiger partial charge in [-0.2, -0.15) is 10.2 Å². The molecule has 20 nitrogen and oxygen atoms in total. The van der Waals surface area contributed by atoms with Crippen LogP contribution in [0.3, 0.4) is 0 Å². The van der Waals surface area contributed by atoms with E-state index in [0.717, 1.165) is 74.6 Å². The van der Waals surface area contributed by atoms with E-state index in [9.17, 15) is 14.4 Å². The zero-order valence-corrected chi connectivity index (χ0v) is 36.8. The number of carbonyl (C=O) groups excluding carboxylic acids is 3. The lowest BCUT2D eigenvalue weighted by Gasteiger charge is -2.26. The fourth-order valence-electron chi connectivity index (χ4n) is 7.49. The summed E-state index contributed by atoms with van der Waals surface area (Å²) in [5, 5.41) is 14.7. The van der Waals surface area contributed by atoms with E-state index in [1.807, 2.05) is 61.1 Å². The Kier molecular flexibility index (Phi) is 15.6. The lowest BCUT2D eigenvalue weighted by atomic mass is 10.1. The normalized spacial score (nSPS) is 13.1. The van der Waals surface area contributed by atoms with Crippen LogP contribution in [0, 0.1) is 13.8 Å². The van der Waals surface area contributed by atoms with Crippen molar-refractivity contribution in [1.29, 1.82) is 0 Å². The number of morpholine rings is 1. The van der Waals surface area contributed by atoms with Gasteiger partial charge in [0.2, 0.25) is 17.8 Å². The van der Waals surface area contributed by atoms with Crippen molar-refractivity contribution in [2.24, 2.45) is 11.6 Å². The third-order valence-corrected chi connectivity index (χ3v) is 10.4. The van der Waals surface area contributed by atoms with Crippen LogP contribution in [0.1, 0.15) is 68.6 Å². The quantitative estimate of drug-likeness (QED) is 0.0257. The van der Waals surface area contributed by atoms with Gasteiger partial charge >= 0.3 is 0 Å². The fraction of sp³-hybridized carbons (Fsp3) is 0.419. The van der Waals surface area contributed by atoms with Crippen LogP contribution in [-0.2, 0) is 37.5 Å². The molecule has 20 heteroatoms. The van der Waals surface area contributed by atoms with Gasteiger partial charge in [0.1, 0.15) is 33.9 Å². The molecule has 0 atom stereocenters. The summed E-state index contributed by atoms with van der Waals surface area (Å²) in [7, 11) is 3.39. The van der Waals surface area contributed by atoms with Gasteiger partial charge in [0.25, 0.3) is 5.91 Å². The minimum Gasteiger partial charge on any atom is -0.494 e. The SMILES string of the molecule is CCn1nc(C)cc1C(=O)Nc1nc2cc(CNN)cc(OC)c2n1C/C=C/Cn1c(NC)nc2cc(C(N)=O)cc(OCCCN3CCOCC3)c21.CCn1nc(C)cc1C=O. The smallest absolute Gasteiger partial charge is 0.276 e. The maximum Gasteiger partial charge on any atom is 0.276 e. The number of hydrogen-bond acceptors (Lipinski definition) is 14. The van der Waals surface area contributed by atoms with Gasteiger partial charge in [-0.1, -0.05) is 12.2 Å². The number of primary amides is 1. The third-order valence-electron chi connectivity index (χ3n) is 10.4. The first kappa shape index (κ1) is 45.9. The van der Waals surface area contributed by atoms with E-state index >= 15 is 0 Å². The van der Waals surface area contributed by atoms with Crippen molar-refractivity contribution in [2.45, 2.75) is 66.8 Å². The Balaban J connectivity index is 0.000000582. The Morgan fingerprint density at radius 1 is 0.873 bits per heavy atom. The molecule has 1 fully saturated rings. The van der Waals surface area contributed by atoms with Gasteiger partial charge < -0.3 is 34.4 Å². The number of nitrogens with zero attached hydrogens (tertiary/aromatic N) is 9. The molecule has 0 aliphatic carbocycles. The second-order valence-corrected chi connectivity index (χ2v) is 14.8. The third kappa shape index (κ3) is 10.9. The highest BCUT2D eigenvalue weighted by Crippen LogP contribution is 2.33. The second-order valence-electron chi connectivity index (χ2n) is 14.8. The number of benzene rings is 2. The van der Waals surface area contributed by atoms with Crippen LogP contribution < -0.4 is 37.1 Å². The van der Waals surface area contributed by atoms with Crippen molar-refractivity contribution in [2.75, 3.05) is 64.2 Å². The number of ether oxygens (including phenoxy) is 3. The number of rotatable bonds is 19. The summed E-state index contributed by atoms with van der Waals surface area (Å²) in [5.41, 5.74) is 15.0. The number of aldehydes is 1. The van der Waals surface area contributed by atoms with E-state index < -0.39 is 5.91 Å². The summed E-state index contributed by atoms with van der Waals surface area (Å²) in [4.78, 5) is 48.1. The van der Waals surface area contributed by atoms with Gasteiger partial charge in [-0.3, -0.25) is 45.2 Å². The first-order valence-electron chi connectivity index (χ1n) is 21.0. The molecule has 0 saturated carbocycles. The summed E-state index contributed by atoms with van der Waals surface area (Å²) in [6.07, 6.45) is 5.61. The van der Waals surface area contributed by atoms with E-state index in [2.05, 4.69) is 31.2 Å². The molecule has 63 heavy (non-hydrogen) atoms. The highest BCUT2D eigenvalue weighted by atomic mass is 16.5. The molecule has 6 aromatic rings. The van der Waals surface area contributed by atoms with Gasteiger partial charge in [0.05, 0.1) is 49.4 Å². The molecule has 2 aromatic carbocycles. The summed E-state index contributed by atoms with van der Waals surface area (Å²) < 4.78 is 24.8. The van der Waals surface area contributed by atoms with Crippen LogP contribution in [0.25, 0.3) is 22.1 Å². The average Bonchev–Trinajstić information content (AvgIpc) is 4.05. The summed E-state index contributed by atoms with van der Waals surface area (Å²) in [6.45, 7) is 14.7. The van der Waals surface area contributed by atoms with Crippen LogP contribution in [0.4, 0.5) is 11.9 Å². The van der Waals surface area contributed by atoms with Crippen molar-refractivity contribution in [3.05, 3.63) is 82.5 Å². The van der Waals surface area contributed by atoms with Crippen molar-refractivity contribution in [3.8, 4) is 11.5 Å². The number of imidazole rings is 2. The number of methoxy groups -OCH3 is 1. The van der Waals surface area contributed by atoms with Crippen LogP contribution >= 0.6 is 0 Å². The topological polar surface area (TPSA) is 242 Å². The number of carbonyl (C=O) groups is 3. The average molecular weight is 867 g/mol. The molecule has 0 bridgehead atoms. The van der Waals surface area contributed by atoms with Crippen molar-refractivity contribution in [3.63, 3.8) is 0 Å². The molecule has 1 aliphatic heterocycles. The van der Waals surface area contributed by atoms with Crippen LogP contribution in [0.5, 0.6) is 11.5 Å². The Labute approximate surface area is 365 Å². The number of anilines is 2. The highest BCUT2D eigenvalue weighted by molar-refractivity contribution is 6.03. The lowest BCUT2D eigenvalue weighted by molar-refractivity contribution is 0.0358. The number of aromatic nitrogens is 8. The fourth-order valence-corrected chi connectivity index (χ4v) is 7.49. The van der Waals surface area contributed by atoms with Crippen molar-refractivity contribution >= 4 is 52.1 Å². The number of hydrazine groups is 1. The Bertz CT molecular complexity index is 2560. The number of hydrogen-bond donors (Lipinski definition) is 5. The van der Waals surface area contributed by atoms with Crippen LogP contribution in [-0.4, -0.2) is 115 Å². The first-order chi connectivity index (χ1) is 30.5. The predicted octanol–water partition coefficient (Wildman–Crippen LogP) is 3.66. The zero-order chi connectivity index (χ0) is 45.0. The van der Waals surface area contributed by atoms with E-state index in [1.54, 1.807) is 47.8 Å². The summed E-state index contributed by atoms with van der Waals surface area (Å²) >= 11 is 0. The van der Waals surface area contributed by atoms with E-state index in [0.29, 0.717) is 89.7 Å². The number of allylic oxidation sites excluding steroid dienone is 2. The molecule has 1 aliphatic rings. The molecular weight excluding hydrogens is 809 g/mol. The second kappa shape index (κ2) is 21.5. The largest absolute Gasteiger partial charge is 0.494 e. The van der Waals surface area contributed by atoms with Crippen LogP contribution in [0.2, 0.25) is 0 Å². The molecule has 7 rings (SSSR count). The van der Waals surface area contributed by atoms with Gasteiger partial charge in [0.15, 0.2) is 6.29 Å². The van der Waals surface area contributed by atoms with E-state index in [1.165, 1.54) is 0 Å². The molecule has 336 valence electrons. The van der Waals surface area contributed by atoms with Crippen LogP contribution in [0.15, 0.2) is 48.6 Å². The van der Waals surface area contributed by atoms with Gasteiger partial charge in [-0.25, -0.2) is 9.97 Å².